The fraction of sp³-hybridized carbons (Fsp3) is 0. The van der Waals surface area contributed by atoms with Crippen LogP contribution in [0.5, 0.6) is 0 Å². The van der Waals surface area contributed by atoms with Crippen molar-refractivity contribution in [3.8, 4) is 0 Å². The molecule has 48 heavy (non-hydrogen) atoms. The molecule has 9 rings (SSSR count). The molecule has 7 aromatic carbocycles. The molecule has 0 radical (unpaired) electrons. The number of hydrogen-bond acceptors (Lipinski definition) is 4. The highest BCUT2D eigenvalue weighted by atomic mass is 32.1. The molecule has 3 nitrogen and oxygen atoms in total. The third kappa shape index (κ3) is 4.77. The van der Waals surface area contributed by atoms with Crippen molar-refractivity contribution in [3.63, 3.8) is 0 Å². The molecule has 6 heteroatoms. The van der Waals surface area contributed by atoms with Crippen molar-refractivity contribution in [3.05, 3.63) is 169 Å². The van der Waals surface area contributed by atoms with Gasteiger partial charge >= 0.3 is 0 Å². The first-order chi connectivity index (χ1) is 23.6. The lowest BCUT2D eigenvalue weighted by molar-refractivity contribution is 0.628. The van der Waals surface area contributed by atoms with Crippen LogP contribution >= 0.6 is 11.3 Å². The summed E-state index contributed by atoms with van der Waals surface area (Å²) in [6.07, 6.45) is 0. The van der Waals surface area contributed by atoms with Crippen LogP contribution in [0.15, 0.2) is 162 Å². The fourth-order valence-electron chi connectivity index (χ4n) is 6.61. The Morgan fingerprint density at radius 2 is 1.02 bits per heavy atom. The molecule has 0 saturated carbocycles. The maximum absolute atomic E-state index is 13.9. The molecule has 0 amide bonds. The smallest absolute Gasteiger partial charge is 0.137 e. The molecule has 0 bridgehead atoms. The van der Waals surface area contributed by atoms with Crippen molar-refractivity contribution in [2.45, 2.75) is 0 Å². The zero-order chi connectivity index (χ0) is 32.2. The Morgan fingerprint density at radius 1 is 0.417 bits per heavy atom. The molecule has 0 aliphatic rings. The zero-order valence-electron chi connectivity index (χ0n) is 25.5. The Morgan fingerprint density at radius 3 is 1.77 bits per heavy atom. The quantitative estimate of drug-likeness (QED) is 0.180. The van der Waals surface area contributed by atoms with Gasteiger partial charge in [0.15, 0.2) is 0 Å². The van der Waals surface area contributed by atoms with Crippen molar-refractivity contribution < 1.29 is 13.2 Å². The van der Waals surface area contributed by atoms with E-state index < -0.39 is 0 Å². The Labute approximate surface area is 279 Å². The number of hydrogen-bond donors (Lipinski definition) is 0. The van der Waals surface area contributed by atoms with Crippen LogP contribution < -0.4 is 9.80 Å². The van der Waals surface area contributed by atoms with Crippen LogP contribution in [0.25, 0.3) is 42.1 Å². The minimum atomic E-state index is -0.310. The minimum Gasteiger partial charge on any atom is -0.456 e. The first kappa shape index (κ1) is 28.3. The van der Waals surface area contributed by atoms with E-state index in [1.54, 1.807) is 35.6 Å². The lowest BCUT2D eigenvalue weighted by atomic mass is 10.1. The summed E-state index contributed by atoms with van der Waals surface area (Å²) in [5.41, 5.74) is 7.29. The van der Waals surface area contributed by atoms with Gasteiger partial charge in [0, 0.05) is 54.0 Å². The first-order valence-electron chi connectivity index (χ1n) is 15.6. The molecule has 0 spiro atoms. The Bertz CT molecular complexity index is 2550. The summed E-state index contributed by atoms with van der Waals surface area (Å²) in [6.45, 7) is 0. The van der Waals surface area contributed by atoms with E-state index in [9.17, 15) is 8.78 Å². The molecule has 0 fully saturated rings. The Balaban J connectivity index is 1.21. The van der Waals surface area contributed by atoms with E-state index >= 15 is 0 Å². The van der Waals surface area contributed by atoms with E-state index in [0.717, 1.165) is 71.5 Å². The maximum atomic E-state index is 13.9. The molecule has 0 aliphatic heterocycles. The highest BCUT2D eigenvalue weighted by molar-refractivity contribution is 7.25. The van der Waals surface area contributed by atoms with E-state index in [0.29, 0.717) is 0 Å². The number of anilines is 6. The van der Waals surface area contributed by atoms with Crippen LogP contribution in [-0.4, -0.2) is 0 Å². The fourth-order valence-corrected chi connectivity index (χ4v) is 7.73. The van der Waals surface area contributed by atoms with Crippen LogP contribution in [0.1, 0.15) is 0 Å². The van der Waals surface area contributed by atoms with Crippen molar-refractivity contribution in [1.82, 2.24) is 0 Å². The van der Waals surface area contributed by atoms with Gasteiger partial charge in [-0.25, -0.2) is 8.78 Å². The van der Waals surface area contributed by atoms with Crippen LogP contribution in [0, 0.1) is 11.6 Å². The second kappa shape index (κ2) is 11.4. The first-order valence-corrected chi connectivity index (χ1v) is 16.5. The van der Waals surface area contributed by atoms with E-state index in [4.69, 9.17) is 4.42 Å². The van der Waals surface area contributed by atoms with Crippen molar-refractivity contribution in [2.75, 3.05) is 9.80 Å². The van der Waals surface area contributed by atoms with Gasteiger partial charge in [-0.2, -0.15) is 0 Å². The minimum absolute atomic E-state index is 0.310. The van der Waals surface area contributed by atoms with Crippen LogP contribution in [-0.2, 0) is 0 Å². The number of benzene rings is 7. The number of furan rings is 1. The van der Waals surface area contributed by atoms with Gasteiger partial charge in [-0.15, -0.1) is 11.3 Å². The van der Waals surface area contributed by atoms with E-state index in [2.05, 4.69) is 77.7 Å². The third-order valence-electron chi connectivity index (χ3n) is 8.76. The van der Waals surface area contributed by atoms with Gasteiger partial charge in [-0.05, 0) is 109 Å². The predicted octanol–water partition coefficient (Wildman–Crippen LogP) is 13.2. The van der Waals surface area contributed by atoms with Gasteiger partial charge in [0.2, 0.25) is 0 Å². The van der Waals surface area contributed by atoms with Crippen molar-refractivity contribution >= 4 is 87.6 Å². The van der Waals surface area contributed by atoms with Gasteiger partial charge < -0.3 is 14.2 Å². The van der Waals surface area contributed by atoms with Gasteiger partial charge in [-0.3, -0.25) is 0 Å². The number of thiophene rings is 1. The summed E-state index contributed by atoms with van der Waals surface area (Å²) >= 11 is 1.73. The summed E-state index contributed by atoms with van der Waals surface area (Å²) in [5, 5.41) is 4.43. The van der Waals surface area contributed by atoms with Crippen LogP contribution in [0.3, 0.4) is 0 Å². The Kier molecular flexibility index (Phi) is 6.69. The highest BCUT2D eigenvalue weighted by Crippen LogP contribution is 2.46. The second-order valence-electron chi connectivity index (χ2n) is 11.7. The molecule has 2 heterocycles. The van der Waals surface area contributed by atoms with Crippen molar-refractivity contribution in [2.24, 2.45) is 0 Å². The van der Waals surface area contributed by atoms with Crippen LogP contribution in [0.4, 0.5) is 42.9 Å². The van der Waals surface area contributed by atoms with Gasteiger partial charge in [-0.1, -0.05) is 48.5 Å². The molecule has 0 atom stereocenters. The molecule has 0 saturated heterocycles. The third-order valence-corrected chi connectivity index (χ3v) is 9.89. The molecule has 2 aromatic heterocycles. The number of para-hydroxylation sites is 2. The predicted molar refractivity (Wildman–Crippen MR) is 196 cm³/mol. The lowest BCUT2D eigenvalue weighted by Crippen LogP contribution is -2.10. The number of fused-ring (bicyclic) bond motifs is 6. The van der Waals surface area contributed by atoms with Gasteiger partial charge in [0.1, 0.15) is 22.8 Å². The molecule has 0 aliphatic carbocycles. The summed E-state index contributed by atoms with van der Waals surface area (Å²) in [5.74, 6) is -0.620. The lowest BCUT2D eigenvalue weighted by Gasteiger charge is -2.26. The summed E-state index contributed by atoms with van der Waals surface area (Å²) < 4.78 is 36.3. The molecule has 0 N–H and O–H groups in total. The molecular formula is C42H26F2N2OS. The summed E-state index contributed by atoms with van der Waals surface area (Å²) in [6, 6.07) is 50.5. The number of nitrogens with zero attached hydrogens (tertiary/aromatic N) is 2. The summed E-state index contributed by atoms with van der Waals surface area (Å²) in [7, 11) is 0. The van der Waals surface area contributed by atoms with E-state index in [-0.39, 0.29) is 11.6 Å². The SMILES string of the molecule is Fc1ccc(N(c2ccc(F)cc2)c2ccc3c(c2)sc2ccc(N(c4ccccc4)c4cccc5oc6ccccc6c45)cc23)cc1. The van der Waals surface area contributed by atoms with Gasteiger partial charge in [0.05, 0.1) is 11.1 Å². The monoisotopic (exact) mass is 644 g/mol. The second-order valence-corrected chi connectivity index (χ2v) is 12.8. The average Bonchev–Trinajstić information content (AvgIpc) is 3.69. The van der Waals surface area contributed by atoms with Crippen LogP contribution in [0.2, 0.25) is 0 Å². The Hall–Kier alpha value is -5.98. The van der Waals surface area contributed by atoms with E-state index in [1.807, 2.05) is 41.3 Å². The standard InChI is InChI=1S/C42H26F2N2OS/c43-27-13-17-30(18-14-27)45(31-19-15-28(44)16-20-31)33-21-23-34-36-25-32(22-24-40(36)48-41(34)26-33)46(29-7-2-1-3-8-29)37-10-6-12-39-42(37)35-9-4-5-11-38(35)47-39/h1-26H. The van der Waals surface area contributed by atoms with E-state index in [1.165, 1.54) is 29.0 Å². The molecule has 0 unspecified atom stereocenters. The highest BCUT2D eigenvalue weighted by Gasteiger charge is 2.21. The number of rotatable bonds is 6. The van der Waals surface area contributed by atoms with Gasteiger partial charge in [0.25, 0.3) is 0 Å². The number of halogens is 2. The normalized spacial score (nSPS) is 11.5. The molecule has 230 valence electrons. The molecular weight excluding hydrogens is 619 g/mol. The summed E-state index contributed by atoms with van der Waals surface area (Å²) in [4.78, 5) is 4.31. The topological polar surface area (TPSA) is 19.6 Å². The average molecular weight is 645 g/mol. The molecule has 9 aromatic rings. The largest absolute Gasteiger partial charge is 0.456 e. The maximum Gasteiger partial charge on any atom is 0.137 e. The zero-order valence-corrected chi connectivity index (χ0v) is 26.3. The van der Waals surface area contributed by atoms with Crippen molar-refractivity contribution in [1.29, 1.82) is 0 Å².